The van der Waals surface area contributed by atoms with Crippen molar-refractivity contribution in [2.24, 2.45) is 0 Å². The molecule has 0 saturated heterocycles. The normalized spacial score (nSPS) is 21.4. The number of halogens is 2. The molecule has 1 aliphatic carbocycles. The number of urea groups is 1. The Hall–Kier alpha value is -0.970. The maximum absolute atomic E-state index is 11.8. The zero-order valence-electron chi connectivity index (χ0n) is 12.4. The lowest BCUT2D eigenvalue weighted by Gasteiger charge is -2.26. The quantitative estimate of drug-likeness (QED) is 0.715. The van der Waals surface area contributed by atoms with Crippen molar-refractivity contribution >= 4 is 29.2 Å². The van der Waals surface area contributed by atoms with Gasteiger partial charge in [-0.3, -0.25) is 0 Å². The highest BCUT2D eigenvalue weighted by molar-refractivity contribution is 6.35. The van der Waals surface area contributed by atoms with Gasteiger partial charge in [0.25, 0.3) is 0 Å². The molecule has 1 aliphatic rings. The van der Waals surface area contributed by atoms with E-state index in [4.69, 9.17) is 23.2 Å². The topological polar surface area (TPSA) is 61.4 Å². The molecule has 0 atom stereocenters. The lowest BCUT2D eigenvalue weighted by Crippen LogP contribution is -2.44. The van der Waals surface area contributed by atoms with Crippen molar-refractivity contribution in [3.8, 4) is 0 Å². The van der Waals surface area contributed by atoms with Crippen molar-refractivity contribution in [3.63, 3.8) is 0 Å². The lowest BCUT2D eigenvalue weighted by atomic mass is 9.93. The Morgan fingerprint density at radius 3 is 2.64 bits per heavy atom. The van der Waals surface area contributed by atoms with Gasteiger partial charge < -0.3 is 15.7 Å². The third kappa shape index (κ3) is 5.67. The molecular weight excluding hydrogens is 323 g/mol. The van der Waals surface area contributed by atoms with Gasteiger partial charge in [-0.25, -0.2) is 4.79 Å². The molecule has 0 heterocycles. The summed E-state index contributed by atoms with van der Waals surface area (Å²) in [5.41, 5.74) is 1.04. The lowest BCUT2D eigenvalue weighted by molar-refractivity contribution is 0.117. The second kappa shape index (κ2) is 8.61. The molecule has 0 aromatic heterocycles. The number of aryl methyl sites for hydroxylation is 1. The Bertz CT molecular complexity index is 503. The first-order valence-corrected chi connectivity index (χ1v) is 8.46. The smallest absolute Gasteiger partial charge is 0.315 e. The van der Waals surface area contributed by atoms with Crippen LogP contribution < -0.4 is 10.6 Å². The summed E-state index contributed by atoms with van der Waals surface area (Å²) in [6.45, 7) is 0.597. The van der Waals surface area contributed by atoms with Crippen molar-refractivity contribution < 1.29 is 9.90 Å². The summed E-state index contributed by atoms with van der Waals surface area (Å²) in [5, 5.41) is 16.5. The van der Waals surface area contributed by atoms with Gasteiger partial charge in [-0.2, -0.15) is 0 Å². The van der Waals surface area contributed by atoms with E-state index in [1.165, 1.54) is 0 Å². The van der Waals surface area contributed by atoms with E-state index in [-0.39, 0.29) is 18.2 Å². The van der Waals surface area contributed by atoms with E-state index in [2.05, 4.69) is 10.6 Å². The van der Waals surface area contributed by atoms with Crippen LogP contribution in [0.2, 0.25) is 10.0 Å². The molecule has 3 N–H and O–H groups in total. The minimum absolute atomic E-state index is 0.136. The first kappa shape index (κ1) is 17.4. The van der Waals surface area contributed by atoms with Gasteiger partial charge in [0.15, 0.2) is 0 Å². The SMILES string of the molecule is O=C(NCCCc1ccc(Cl)cc1Cl)NC1CCC(O)CC1. The van der Waals surface area contributed by atoms with Gasteiger partial charge in [-0.05, 0) is 56.2 Å². The van der Waals surface area contributed by atoms with Crippen LogP contribution in [0.1, 0.15) is 37.7 Å². The monoisotopic (exact) mass is 344 g/mol. The number of carbonyl (C=O) groups is 1. The molecule has 1 fully saturated rings. The summed E-state index contributed by atoms with van der Waals surface area (Å²) >= 11 is 12.0. The van der Waals surface area contributed by atoms with Gasteiger partial charge in [0, 0.05) is 22.6 Å². The van der Waals surface area contributed by atoms with Crippen molar-refractivity contribution in [2.75, 3.05) is 6.54 Å². The molecule has 0 bridgehead atoms. The first-order chi connectivity index (χ1) is 10.5. The van der Waals surface area contributed by atoms with Crippen LogP contribution in [0.15, 0.2) is 18.2 Å². The van der Waals surface area contributed by atoms with E-state index < -0.39 is 0 Å². The number of aliphatic hydroxyl groups excluding tert-OH is 1. The van der Waals surface area contributed by atoms with Gasteiger partial charge in [0.1, 0.15) is 0 Å². The van der Waals surface area contributed by atoms with Crippen LogP contribution in [-0.2, 0) is 6.42 Å². The van der Waals surface area contributed by atoms with Gasteiger partial charge in [-0.1, -0.05) is 29.3 Å². The zero-order valence-corrected chi connectivity index (χ0v) is 14.0. The number of aliphatic hydroxyl groups is 1. The minimum Gasteiger partial charge on any atom is -0.393 e. The van der Waals surface area contributed by atoms with Crippen molar-refractivity contribution in [3.05, 3.63) is 33.8 Å². The number of carbonyl (C=O) groups excluding carboxylic acids is 1. The summed E-state index contributed by atoms with van der Waals surface area (Å²) in [5.74, 6) is 0. The number of benzene rings is 1. The second-order valence-electron chi connectivity index (χ2n) is 5.74. The summed E-state index contributed by atoms with van der Waals surface area (Å²) in [7, 11) is 0. The molecule has 0 unspecified atom stereocenters. The van der Waals surface area contributed by atoms with E-state index >= 15 is 0 Å². The predicted octanol–water partition coefficient (Wildman–Crippen LogP) is 3.53. The third-order valence-electron chi connectivity index (χ3n) is 3.96. The van der Waals surface area contributed by atoms with Crippen LogP contribution in [0.3, 0.4) is 0 Å². The molecule has 0 spiro atoms. The molecule has 1 aromatic carbocycles. The third-order valence-corrected chi connectivity index (χ3v) is 4.54. The highest BCUT2D eigenvalue weighted by Crippen LogP contribution is 2.22. The summed E-state index contributed by atoms with van der Waals surface area (Å²) < 4.78 is 0. The molecular formula is C16H22Cl2N2O2. The van der Waals surface area contributed by atoms with Gasteiger partial charge >= 0.3 is 6.03 Å². The molecule has 6 heteroatoms. The van der Waals surface area contributed by atoms with Crippen molar-refractivity contribution in [1.29, 1.82) is 0 Å². The van der Waals surface area contributed by atoms with Gasteiger partial charge in [-0.15, -0.1) is 0 Å². The largest absolute Gasteiger partial charge is 0.393 e. The average molecular weight is 345 g/mol. The molecule has 1 saturated carbocycles. The van der Waals surface area contributed by atoms with E-state index in [9.17, 15) is 9.90 Å². The fraction of sp³-hybridized carbons (Fsp3) is 0.562. The Morgan fingerprint density at radius 2 is 1.95 bits per heavy atom. The fourth-order valence-electron chi connectivity index (χ4n) is 2.66. The number of amides is 2. The van der Waals surface area contributed by atoms with E-state index in [1.54, 1.807) is 6.07 Å². The number of nitrogens with one attached hydrogen (secondary N) is 2. The first-order valence-electron chi connectivity index (χ1n) is 7.71. The Morgan fingerprint density at radius 1 is 1.23 bits per heavy atom. The highest BCUT2D eigenvalue weighted by atomic mass is 35.5. The predicted molar refractivity (Wildman–Crippen MR) is 89.6 cm³/mol. The van der Waals surface area contributed by atoms with Crippen LogP contribution >= 0.6 is 23.2 Å². The molecule has 1 aromatic rings. The van der Waals surface area contributed by atoms with Crippen molar-refractivity contribution in [1.82, 2.24) is 10.6 Å². The van der Waals surface area contributed by atoms with Crippen LogP contribution in [0.25, 0.3) is 0 Å². The molecule has 122 valence electrons. The molecule has 4 nitrogen and oxygen atoms in total. The van der Waals surface area contributed by atoms with Crippen LogP contribution in [0.4, 0.5) is 4.79 Å². The summed E-state index contributed by atoms with van der Waals surface area (Å²) in [6, 6.07) is 5.51. The number of hydrogen-bond acceptors (Lipinski definition) is 2. The Balaban J connectivity index is 1.62. The summed E-state index contributed by atoms with van der Waals surface area (Å²) in [6.07, 6.45) is 4.62. The second-order valence-corrected chi connectivity index (χ2v) is 6.59. The fourth-order valence-corrected chi connectivity index (χ4v) is 3.16. The maximum atomic E-state index is 11.8. The number of rotatable bonds is 5. The van der Waals surface area contributed by atoms with Gasteiger partial charge in [0.05, 0.1) is 6.10 Å². The molecule has 2 amide bonds. The van der Waals surface area contributed by atoms with Crippen LogP contribution in [-0.4, -0.2) is 29.8 Å². The highest BCUT2D eigenvalue weighted by Gasteiger charge is 2.20. The van der Waals surface area contributed by atoms with E-state index in [0.29, 0.717) is 16.6 Å². The van der Waals surface area contributed by atoms with Crippen molar-refractivity contribution in [2.45, 2.75) is 50.7 Å². The number of hydrogen-bond donors (Lipinski definition) is 3. The Kier molecular flexibility index (Phi) is 6.80. The van der Waals surface area contributed by atoms with Crippen LogP contribution in [0.5, 0.6) is 0 Å². The van der Waals surface area contributed by atoms with E-state index in [1.807, 2.05) is 12.1 Å². The van der Waals surface area contributed by atoms with Crippen LogP contribution in [0, 0.1) is 0 Å². The standard InChI is InChI=1S/C16H22Cl2N2O2/c17-12-4-3-11(15(18)10-12)2-1-9-19-16(22)20-13-5-7-14(21)8-6-13/h3-4,10,13-14,21H,1-2,5-9H2,(H2,19,20,22). The van der Waals surface area contributed by atoms with E-state index in [0.717, 1.165) is 44.1 Å². The zero-order chi connectivity index (χ0) is 15.9. The maximum Gasteiger partial charge on any atom is 0.315 e. The summed E-state index contributed by atoms with van der Waals surface area (Å²) in [4.78, 5) is 11.8. The Labute approximate surface area is 141 Å². The molecule has 0 aliphatic heterocycles. The minimum atomic E-state index is -0.203. The molecule has 0 radical (unpaired) electrons. The van der Waals surface area contributed by atoms with Gasteiger partial charge in [0.2, 0.25) is 0 Å². The molecule has 2 rings (SSSR count). The average Bonchev–Trinajstić information content (AvgIpc) is 2.48. The molecule has 22 heavy (non-hydrogen) atoms.